The molecule has 2 aromatic carbocycles. The molecule has 6 heteroatoms. The highest BCUT2D eigenvalue weighted by atomic mass is 79.9. The first-order valence-corrected chi connectivity index (χ1v) is 9.65. The highest BCUT2D eigenvalue weighted by Gasteiger charge is 2.20. The monoisotopic (exact) mass is 431 g/mol. The Morgan fingerprint density at radius 3 is 2.41 bits per heavy atom. The lowest BCUT2D eigenvalue weighted by atomic mass is 10.1. The minimum atomic E-state index is -0.410. The van der Waals surface area contributed by atoms with Crippen LogP contribution >= 0.6 is 15.9 Å². The molecule has 2 amide bonds. The van der Waals surface area contributed by atoms with E-state index in [1.165, 1.54) is 5.56 Å². The zero-order valence-electron chi connectivity index (χ0n) is 16.2. The van der Waals surface area contributed by atoms with Crippen molar-refractivity contribution in [3.63, 3.8) is 0 Å². The average molecular weight is 432 g/mol. The number of carbonyl (C=O) groups is 2. The highest BCUT2D eigenvalue weighted by Crippen LogP contribution is 2.20. The summed E-state index contributed by atoms with van der Waals surface area (Å²) in [6, 6.07) is 13.3. The van der Waals surface area contributed by atoms with E-state index < -0.39 is 6.04 Å². The van der Waals surface area contributed by atoms with Gasteiger partial charge in [-0.15, -0.1) is 0 Å². The number of hydrogen-bond acceptors (Lipinski definition) is 3. The SMILES string of the molecule is Cc1ccc(CNC(=O)C(C)N(C)CC(=O)Nc2ccc(Br)cc2C)cc1. The van der Waals surface area contributed by atoms with Gasteiger partial charge in [0.15, 0.2) is 0 Å². The predicted molar refractivity (Wildman–Crippen MR) is 113 cm³/mol. The molecule has 2 rings (SSSR count). The Bertz CT molecular complexity index is 806. The first kappa shape index (κ1) is 21.1. The summed E-state index contributed by atoms with van der Waals surface area (Å²) in [5.41, 5.74) is 3.98. The van der Waals surface area contributed by atoms with Crippen molar-refractivity contribution in [2.45, 2.75) is 33.4 Å². The predicted octanol–water partition coefficient (Wildman–Crippen LogP) is 3.64. The molecule has 2 aromatic rings. The molecule has 0 saturated heterocycles. The van der Waals surface area contributed by atoms with E-state index in [9.17, 15) is 9.59 Å². The Hall–Kier alpha value is -2.18. The Kier molecular flexibility index (Phi) is 7.56. The quantitative estimate of drug-likeness (QED) is 0.703. The van der Waals surface area contributed by atoms with Gasteiger partial charge in [-0.3, -0.25) is 14.5 Å². The van der Waals surface area contributed by atoms with Crippen LogP contribution in [0.3, 0.4) is 0 Å². The summed E-state index contributed by atoms with van der Waals surface area (Å²) in [5, 5.41) is 5.81. The number of hydrogen-bond donors (Lipinski definition) is 2. The molecule has 0 aliphatic carbocycles. The van der Waals surface area contributed by atoms with Gasteiger partial charge in [0.05, 0.1) is 12.6 Å². The van der Waals surface area contributed by atoms with Crippen LogP contribution < -0.4 is 10.6 Å². The van der Waals surface area contributed by atoms with Crippen LogP contribution in [0.1, 0.15) is 23.6 Å². The van der Waals surface area contributed by atoms with Crippen LogP contribution in [0.4, 0.5) is 5.69 Å². The maximum absolute atomic E-state index is 12.4. The zero-order valence-corrected chi connectivity index (χ0v) is 17.8. The van der Waals surface area contributed by atoms with Gasteiger partial charge in [0.1, 0.15) is 0 Å². The molecule has 1 unspecified atom stereocenters. The van der Waals surface area contributed by atoms with E-state index in [0.717, 1.165) is 21.3 Å². The molecule has 0 fully saturated rings. The summed E-state index contributed by atoms with van der Waals surface area (Å²) in [6.45, 7) is 6.37. The maximum atomic E-state index is 12.4. The highest BCUT2D eigenvalue weighted by molar-refractivity contribution is 9.10. The number of carbonyl (C=O) groups excluding carboxylic acids is 2. The minimum absolute atomic E-state index is 0.106. The van der Waals surface area contributed by atoms with Crippen molar-refractivity contribution in [2.24, 2.45) is 0 Å². The summed E-state index contributed by atoms with van der Waals surface area (Å²) in [7, 11) is 1.77. The number of anilines is 1. The Morgan fingerprint density at radius 1 is 1.11 bits per heavy atom. The number of rotatable bonds is 7. The third-order valence-electron chi connectivity index (χ3n) is 4.48. The molecule has 0 spiro atoms. The van der Waals surface area contributed by atoms with Crippen molar-refractivity contribution in [3.8, 4) is 0 Å². The molecule has 0 aromatic heterocycles. The summed E-state index contributed by atoms with van der Waals surface area (Å²) >= 11 is 3.41. The fraction of sp³-hybridized carbons (Fsp3) is 0.333. The van der Waals surface area contributed by atoms with Crippen molar-refractivity contribution < 1.29 is 9.59 Å². The van der Waals surface area contributed by atoms with Gasteiger partial charge in [0, 0.05) is 16.7 Å². The number of nitrogens with zero attached hydrogens (tertiary/aromatic N) is 1. The number of benzene rings is 2. The molecular weight excluding hydrogens is 406 g/mol. The van der Waals surface area contributed by atoms with Crippen LogP contribution in [0.25, 0.3) is 0 Å². The Labute approximate surface area is 169 Å². The Balaban J connectivity index is 1.84. The van der Waals surface area contributed by atoms with E-state index in [1.807, 2.05) is 56.3 Å². The van der Waals surface area contributed by atoms with Crippen LogP contribution in [0.15, 0.2) is 46.9 Å². The molecule has 1 atom stereocenters. The number of nitrogens with one attached hydrogen (secondary N) is 2. The van der Waals surface area contributed by atoms with Crippen LogP contribution in [0.2, 0.25) is 0 Å². The molecule has 0 aliphatic rings. The summed E-state index contributed by atoms with van der Waals surface area (Å²) < 4.78 is 0.967. The van der Waals surface area contributed by atoms with Crippen LogP contribution in [-0.4, -0.2) is 36.3 Å². The number of aryl methyl sites for hydroxylation is 2. The minimum Gasteiger partial charge on any atom is -0.351 e. The van der Waals surface area contributed by atoms with Gasteiger partial charge >= 0.3 is 0 Å². The third-order valence-corrected chi connectivity index (χ3v) is 4.98. The lowest BCUT2D eigenvalue weighted by molar-refractivity contribution is -0.126. The molecule has 0 radical (unpaired) electrons. The average Bonchev–Trinajstić information content (AvgIpc) is 2.62. The molecule has 5 nitrogen and oxygen atoms in total. The van der Waals surface area contributed by atoms with Gasteiger partial charge in [-0.1, -0.05) is 45.8 Å². The number of likely N-dealkylation sites (N-methyl/N-ethyl adjacent to an activating group) is 1. The standard InChI is InChI=1S/C21H26BrN3O2/c1-14-5-7-17(8-6-14)12-23-21(27)16(3)25(4)13-20(26)24-19-10-9-18(22)11-15(19)2/h5-11,16H,12-13H2,1-4H3,(H,23,27)(H,24,26). The van der Waals surface area contributed by atoms with Gasteiger partial charge in [-0.25, -0.2) is 0 Å². The van der Waals surface area contributed by atoms with Crippen LogP contribution in [0.5, 0.6) is 0 Å². The number of amides is 2. The molecule has 144 valence electrons. The van der Waals surface area contributed by atoms with Gasteiger partial charge < -0.3 is 10.6 Å². The van der Waals surface area contributed by atoms with E-state index in [0.29, 0.717) is 6.54 Å². The lowest BCUT2D eigenvalue weighted by Gasteiger charge is -2.23. The number of halogens is 1. The first-order valence-electron chi connectivity index (χ1n) is 8.85. The third kappa shape index (κ3) is 6.48. The van der Waals surface area contributed by atoms with Crippen molar-refractivity contribution in [2.75, 3.05) is 18.9 Å². The topological polar surface area (TPSA) is 61.4 Å². The molecular formula is C21H26BrN3O2. The molecule has 27 heavy (non-hydrogen) atoms. The zero-order chi connectivity index (χ0) is 20.0. The molecule has 2 N–H and O–H groups in total. The van der Waals surface area contributed by atoms with Gasteiger partial charge in [0.2, 0.25) is 11.8 Å². The summed E-state index contributed by atoms with van der Waals surface area (Å²) in [5.74, 6) is -0.258. The maximum Gasteiger partial charge on any atom is 0.238 e. The van der Waals surface area contributed by atoms with E-state index in [2.05, 4.69) is 26.6 Å². The van der Waals surface area contributed by atoms with Gasteiger partial charge in [-0.05, 0) is 57.1 Å². The van der Waals surface area contributed by atoms with E-state index in [4.69, 9.17) is 0 Å². The van der Waals surface area contributed by atoms with E-state index in [-0.39, 0.29) is 18.4 Å². The normalized spacial score (nSPS) is 11.9. The molecule has 0 aliphatic heterocycles. The van der Waals surface area contributed by atoms with Crippen molar-refractivity contribution in [1.29, 1.82) is 0 Å². The fourth-order valence-electron chi connectivity index (χ4n) is 2.56. The smallest absolute Gasteiger partial charge is 0.238 e. The van der Waals surface area contributed by atoms with Crippen LogP contribution in [0, 0.1) is 13.8 Å². The van der Waals surface area contributed by atoms with Crippen molar-refractivity contribution in [1.82, 2.24) is 10.2 Å². The van der Waals surface area contributed by atoms with Crippen molar-refractivity contribution >= 4 is 33.4 Å². The van der Waals surface area contributed by atoms with Gasteiger partial charge in [0.25, 0.3) is 0 Å². The van der Waals surface area contributed by atoms with Crippen molar-refractivity contribution in [3.05, 3.63) is 63.6 Å². The second-order valence-electron chi connectivity index (χ2n) is 6.80. The molecule has 0 saturated carbocycles. The van der Waals surface area contributed by atoms with Crippen LogP contribution in [-0.2, 0) is 16.1 Å². The molecule has 0 bridgehead atoms. The fourth-order valence-corrected chi connectivity index (χ4v) is 3.04. The lowest BCUT2D eigenvalue weighted by Crippen LogP contribution is -2.45. The summed E-state index contributed by atoms with van der Waals surface area (Å²) in [6.07, 6.45) is 0. The first-order chi connectivity index (χ1) is 12.8. The van der Waals surface area contributed by atoms with E-state index in [1.54, 1.807) is 18.9 Å². The second-order valence-corrected chi connectivity index (χ2v) is 7.72. The second kappa shape index (κ2) is 9.67. The largest absolute Gasteiger partial charge is 0.351 e. The molecule has 0 heterocycles. The summed E-state index contributed by atoms with van der Waals surface area (Å²) in [4.78, 5) is 26.4. The Morgan fingerprint density at radius 2 is 1.78 bits per heavy atom. The van der Waals surface area contributed by atoms with Gasteiger partial charge in [-0.2, -0.15) is 0 Å². The van der Waals surface area contributed by atoms with E-state index >= 15 is 0 Å².